The van der Waals surface area contributed by atoms with Gasteiger partial charge in [0.25, 0.3) is 5.91 Å². The average Bonchev–Trinajstić information content (AvgIpc) is 3.09. The molecule has 32 heavy (non-hydrogen) atoms. The van der Waals surface area contributed by atoms with Crippen LogP contribution in [0.25, 0.3) is 0 Å². The summed E-state index contributed by atoms with van der Waals surface area (Å²) in [5, 5.41) is 5.05. The minimum absolute atomic E-state index is 0.0467. The van der Waals surface area contributed by atoms with Crippen LogP contribution in [0.15, 0.2) is 18.2 Å². The monoisotopic (exact) mass is 442 g/mol. The first-order valence-corrected chi connectivity index (χ1v) is 11.0. The van der Waals surface area contributed by atoms with Gasteiger partial charge in [0.15, 0.2) is 0 Å². The summed E-state index contributed by atoms with van der Waals surface area (Å²) < 4.78 is 0. The predicted octanol–water partition coefficient (Wildman–Crippen LogP) is 1.32. The van der Waals surface area contributed by atoms with E-state index in [4.69, 9.17) is 0 Å². The van der Waals surface area contributed by atoms with E-state index in [-0.39, 0.29) is 30.2 Å². The zero-order valence-corrected chi connectivity index (χ0v) is 18.3. The third kappa shape index (κ3) is 6.00. The number of piperidine rings is 1. The molecule has 1 unspecified atom stereocenters. The average molecular weight is 443 g/mol. The minimum atomic E-state index is -0.365. The number of benzene rings is 1. The van der Waals surface area contributed by atoms with Crippen LogP contribution in [0.1, 0.15) is 54.9 Å². The van der Waals surface area contributed by atoms with Crippen molar-refractivity contribution in [1.82, 2.24) is 15.1 Å². The Balaban J connectivity index is 1.51. The van der Waals surface area contributed by atoms with Crippen LogP contribution in [0.4, 0.5) is 5.69 Å². The van der Waals surface area contributed by atoms with Crippen molar-refractivity contribution in [2.24, 2.45) is 5.92 Å². The van der Waals surface area contributed by atoms with E-state index < -0.39 is 0 Å². The second kappa shape index (κ2) is 11.0. The molecule has 172 valence electrons. The van der Waals surface area contributed by atoms with Crippen molar-refractivity contribution < 1.29 is 24.0 Å². The lowest BCUT2D eigenvalue weighted by atomic mass is 9.93. The number of anilines is 1. The molecule has 3 rings (SSSR count). The maximum absolute atomic E-state index is 12.7. The fraction of sp³-hybridized carbons (Fsp3) is 0.522. The highest BCUT2D eigenvalue weighted by molar-refractivity contribution is 6.00. The molecular weight excluding hydrogens is 412 g/mol. The van der Waals surface area contributed by atoms with Crippen LogP contribution in [0, 0.1) is 5.92 Å². The molecule has 4 amide bonds. The smallest absolute Gasteiger partial charge is 0.254 e. The molecule has 9 heteroatoms. The first-order valence-electron chi connectivity index (χ1n) is 11.0. The van der Waals surface area contributed by atoms with Gasteiger partial charge in [-0.05, 0) is 69.0 Å². The van der Waals surface area contributed by atoms with Gasteiger partial charge >= 0.3 is 0 Å². The summed E-state index contributed by atoms with van der Waals surface area (Å²) in [6, 6.07) is 5.16. The Morgan fingerprint density at radius 3 is 2.62 bits per heavy atom. The zero-order valence-electron chi connectivity index (χ0n) is 18.3. The molecule has 0 bridgehead atoms. The summed E-state index contributed by atoms with van der Waals surface area (Å²) in [5.74, 6) is -0.199. The summed E-state index contributed by atoms with van der Waals surface area (Å²) in [4.78, 5) is 61.5. The van der Waals surface area contributed by atoms with Crippen LogP contribution in [-0.4, -0.2) is 65.9 Å². The van der Waals surface area contributed by atoms with Crippen molar-refractivity contribution in [3.63, 3.8) is 0 Å². The van der Waals surface area contributed by atoms with E-state index in [9.17, 15) is 24.0 Å². The molecule has 2 heterocycles. The molecule has 1 saturated heterocycles. The number of nitrogens with zero attached hydrogens (tertiary/aromatic N) is 2. The van der Waals surface area contributed by atoms with Gasteiger partial charge in [0.1, 0.15) is 6.29 Å². The van der Waals surface area contributed by atoms with Crippen molar-refractivity contribution in [2.75, 3.05) is 25.0 Å². The maximum Gasteiger partial charge on any atom is 0.254 e. The number of carbonyl (C=O) groups excluding carboxylic acids is 5. The van der Waals surface area contributed by atoms with Crippen LogP contribution in [0.3, 0.4) is 0 Å². The Labute approximate surface area is 187 Å². The largest absolute Gasteiger partial charge is 0.332 e. The first-order chi connectivity index (χ1) is 15.4. The Bertz CT molecular complexity index is 879. The van der Waals surface area contributed by atoms with Gasteiger partial charge in [-0.1, -0.05) is 0 Å². The van der Waals surface area contributed by atoms with Gasteiger partial charge in [0, 0.05) is 36.7 Å². The normalized spacial score (nSPS) is 17.5. The van der Waals surface area contributed by atoms with E-state index in [0.29, 0.717) is 49.5 Å². The number of fused-ring (bicyclic) bond motifs is 1. The van der Waals surface area contributed by atoms with E-state index in [0.717, 1.165) is 37.8 Å². The Kier molecular flexibility index (Phi) is 8.10. The van der Waals surface area contributed by atoms with Gasteiger partial charge in [0.05, 0.1) is 6.54 Å². The van der Waals surface area contributed by atoms with Gasteiger partial charge in [0.2, 0.25) is 18.2 Å². The third-order valence-electron chi connectivity index (χ3n) is 6.28. The van der Waals surface area contributed by atoms with Crippen molar-refractivity contribution in [3.8, 4) is 0 Å². The fourth-order valence-electron chi connectivity index (χ4n) is 4.36. The summed E-state index contributed by atoms with van der Waals surface area (Å²) in [7, 11) is 0. The van der Waals surface area contributed by atoms with Crippen LogP contribution in [0.5, 0.6) is 0 Å². The SMILES string of the molecule is CC(CCC(=O)NC=O)N1Cc2cc(NC(=O)CC3CCN(CC=O)CC3)ccc2C1=O. The highest BCUT2D eigenvalue weighted by Gasteiger charge is 2.31. The molecule has 1 atom stereocenters. The van der Waals surface area contributed by atoms with E-state index >= 15 is 0 Å². The van der Waals surface area contributed by atoms with Gasteiger partial charge in [-0.3, -0.25) is 29.4 Å². The maximum atomic E-state index is 12.7. The van der Waals surface area contributed by atoms with Crippen molar-refractivity contribution in [2.45, 2.75) is 51.6 Å². The molecule has 0 radical (unpaired) electrons. The number of hydrogen-bond acceptors (Lipinski definition) is 6. The van der Waals surface area contributed by atoms with E-state index in [1.807, 2.05) is 13.0 Å². The number of rotatable bonds is 10. The predicted molar refractivity (Wildman–Crippen MR) is 118 cm³/mol. The Hall–Kier alpha value is -3.07. The summed E-state index contributed by atoms with van der Waals surface area (Å²) >= 11 is 0. The summed E-state index contributed by atoms with van der Waals surface area (Å²) in [6.07, 6.45) is 4.13. The van der Waals surface area contributed by atoms with Crippen LogP contribution < -0.4 is 10.6 Å². The Morgan fingerprint density at radius 2 is 1.94 bits per heavy atom. The number of nitrogens with one attached hydrogen (secondary N) is 2. The number of hydrogen-bond donors (Lipinski definition) is 2. The van der Waals surface area contributed by atoms with Gasteiger partial charge in [-0.2, -0.15) is 0 Å². The highest BCUT2D eigenvalue weighted by atomic mass is 16.2. The molecule has 9 nitrogen and oxygen atoms in total. The van der Waals surface area contributed by atoms with E-state index in [2.05, 4.69) is 15.5 Å². The second-order valence-electron chi connectivity index (χ2n) is 8.54. The van der Waals surface area contributed by atoms with Crippen molar-refractivity contribution in [1.29, 1.82) is 0 Å². The fourth-order valence-corrected chi connectivity index (χ4v) is 4.36. The molecule has 0 aromatic heterocycles. The molecule has 1 aromatic rings. The zero-order chi connectivity index (χ0) is 23.1. The molecule has 2 N–H and O–H groups in total. The van der Waals surface area contributed by atoms with Crippen LogP contribution in [0.2, 0.25) is 0 Å². The van der Waals surface area contributed by atoms with Gasteiger partial charge < -0.3 is 15.0 Å². The van der Waals surface area contributed by atoms with Crippen molar-refractivity contribution >= 4 is 36.1 Å². The van der Waals surface area contributed by atoms with Crippen molar-refractivity contribution in [3.05, 3.63) is 29.3 Å². The quantitative estimate of drug-likeness (QED) is 0.528. The molecule has 0 saturated carbocycles. The van der Waals surface area contributed by atoms with E-state index in [1.165, 1.54) is 0 Å². The van der Waals surface area contributed by atoms with Gasteiger partial charge in [-0.25, -0.2) is 0 Å². The standard InChI is InChI=1S/C23H30N4O5/c1-16(2-5-21(30)24-15-29)27-14-18-13-19(3-4-20(18)23(27)32)25-22(31)12-17-6-8-26(9-7-17)10-11-28/h3-4,11,13,15-17H,2,5-10,12,14H2,1H3,(H,25,31)(H,24,29,30). The molecule has 0 spiro atoms. The summed E-state index contributed by atoms with van der Waals surface area (Å²) in [6.45, 7) is 4.42. The van der Waals surface area contributed by atoms with Gasteiger partial charge in [-0.15, -0.1) is 0 Å². The summed E-state index contributed by atoms with van der Waals surface area (Å²) in [5.41, 5.74) is 2.12. The topological polar surface area (TPSA) is 116 Å². The number of likely N-dealkylation sites (tertiary alicyclic amines) is 1. The molecular formula is C23H30N4O5. The molecule has 2 aliphatic heterocycles. The number of aldehydes is 1. The second-order valence-corrected chi connectivity index (χ2v) is 8.54. The minimum Gasteiger partial charge on any atom is -0.332 e. The first kappa shape index (κ1) is 23.6. The lowest BCUT2D eigenvalue weighted by Crippen LogP contribution is -2.36. The third-order valence-corrected chi connectivity index (χ3v) is 6.28. The van der Waals surface area contributed by atoms with Crippen LogP contribution >= 0.6 is 0 Å². The van der Waals surface area contributed by atoms with Crippen LogP contribution in [-0.2, 0) is 25.7 Å². The highest BCUT2D eigenvalue weighted by Crippen LogP contribution is 2.29. The Morgan fingerprint density at radius 1 is 1.19 bits per heavy atom. The molecule has 0 aliphatic carbocycles. The number of amides is 4. The molecule has 2 aliphatic rings. The molecule has 1 aromatic carbocycles. The van der Waals surface area contributed by atoms with E-state index in [1.54, 1.807) is 17.0 Å². The lowest BCUT2D eigenvalue weighted by Gasteiger charge is -2.30. The molecule has 1 fully saturated rings. The number of carbonyl (C=O) groups is 5. The lowest BCUT2D eigenvalue weighted by molar-refractivity contribution is -0.125. The number of imide groups is 1.